The molecule has 1 aliphatic heterocycles. The maximum absolute atomic E-state index is 15.3. The lowest BCUT2D eigenvalue weighted by molar-refractivity contribution is -0.117. The fourth-order valence-corrected chi connectivity index (χ4v) is 8.45. The Morgan fingerprint density at radius 2 is 1.63 bits per heavy atom. The number of carbonyl (C=O) groups excluding carboxylic acids is 1. The molecule has 0 spiro atoms. The molecule has 0 bridgehead atoms. The number of ether oxygens (including phenoxy) is 1. The van der Waals surface area contributed by atoms with Gasteiger partial charge in [-0.3, -0.25) is 4.79 Å². The summed E-state index contributed by atoms with van der Waals surface area (Å²) >= 11 is 0. The summed E-state index contributed by atoms with van der Waals surface area (Å²) in [6.45, 7) is 2.66. The molecular formula is C36H38F4N4O4S. The first-order valence-electron chi connectivity index (χ1n) is 15.8. The van der Waals surface area contributed by atoms with Crippen molar-refractivity contribution in [2.75, 3.05) is 25.5 Å². The molecule has 0 aliphatic carbocycles. The van der Waals surface area contributed by atoms with E-state index in [2.05, 4.69) is 10.6 Å². The Morgan fingerprint density at radius 3 is 2.33 bits per heavy atom. The van der Waals surface area contributed by atoms with Gasteiger partial charge in [0, 0.05) is 48.4 Å². The van der Waals surface area contributed by atoms with E-state index in [0.29, 0.717) is 37.6 Å². The summed E-state index contributed by atoms with van der Waals surface area (Å²) in [7, 11) is -2.53. The summed E-state index contributed by atoms with van der Waals surface area (Å²) in [5, 5.41) is 5.95. The number of nitrogens with two attached hydrogens (primary N) is 1. The highest BCUT2D eigenvalue weighted by Gasteiger charge is 2.39. The highest BCUT2D eigenvalue weighted by molar-refractivity contribution is 7.89. The largest absolute Gasteiger partial charge is 0.495 e. The van der Waals surface area contributed by atoms with E-state index in [1.807, 2.05) is 6.92 Å². The summed E-state index contributed by atoms with van der Waals surface area (Å²) < 4.78 is 92.0. The number of carbonyl (C=O) groups is 1. The van der Waals surface area contributed by atoms with Crippen molar-refractivity contribution in [2.45, 2.75) is 55.1 Å². The molecule has 4 atom stereocenters. The zero-order chi connectivity index (χ0) is 35.3. The van der Waals surface area contributed by atoms with Crippen LogP contribution in [0.5, 0.6) is 5.75 Å². The third-order valence-corrected chi connectivity index (χ3v) is 10.8. The number of anilines is 1. The number of sulfonamides is 1. The molecule has 8 nitrogen and oxygen atoms in total. The van der Waals surface area contributed by atoms with Crippen LogP contribution in [0.3, 0.4) is 0 Å². The Kier molecular flexibility index (Phi) is 11.4. The molecule has 0 radical (unpaired) electrons. The molecule has 5 rings (SSSR count). The number of hydrogen-bond acceptors (Lipinski definition) is 6. The average Bonchev–Trinajstić information content (AvgIpc) is 3.06. The summed E-state index contributed by atoms with van der Waals surface area (Å²) in [5.74, 6) is -4.47. The van der Waals surface area contributed by atoms with Crippen molar-refractivity contribution in [1.29, 1.82) is 0 Å². The minimum Gasteiger partial charge on any atom is -0.495 e. The van der Waals surface area contributed by atoms with Gasteiger partial charge in [0.05, 0.1) is 13.2 Å². The molecule has 4 aromatic carbocycles. The van der Waals surface area contributed by atoms with Gasteiger partial charge in [-0.2, -0.15) is 4.31 Å². The average molecular weight is 699 g/mol. The van der Waals surface area contributed by atoms with Crippen molar-refractivity contribution in [3.05, 3.63) is 125 Å². The minimum atomic E-state index is -3.95. The van der Waals surface area contributed by atoms with Gasteiger partial charge in [0.1, 0.15) is 33.9 Å². The predicted octanol–water partition coefficient (Wildman–Crippen LogP) is 5.72. The first kappa shape index (κ1) is 36.0. The van der Waals surface area contributed by atoms with Crippen LogP contribution in [0.4, 0.5) is 23.2 Å². The fraction of sp³-hybridized carbons (Fsp3) is 0.306. The summed E-state index contributed by atoms with van der Waals surface area (Å²) in [6, 6.07) is 16.2. The number of nitrogens with one attached hydrogen (secondary N) is 2. The van der Waals surface area contributed by atoms with Crippen LogP contribution in [0.2, 0.25) is 0 Å². The molecular weight excluding hydrogens is 660 g/mol. The van der Waals surface area contributed by atoms with Crippen LogP contribution in [0, 0.1) is 23.3 Å². The van der Waals surface area contributed by atoms with Crippen molar-refractivity contribution in [3.8, 4) is 5.75 Å². The zero-order valence-electron chi connectivity index (χ0n) is 27.0. The van der Waals surface area contributed by atoms with Crippen LogP contribution >= 0.6 is 0 Å². The highest BCUT2D eigenvalue weighted by atomic mass is 32.2. The van der Waals surface area contributed by atoms with E-state index >= 15 is 4.39 Å². The minimum absolute atomic E-state index is 0.0617. The smallest absolute Gasteiger partial charge is 0.247 e. The molecule has 1 fully saturated rings. The number of hydrogen-bond donors (Lipinski definition) is 3. The van der Waals surface area contributed by atoms with Gasteiger partial charge >= 0.3 is 0 Å². The number of halogens is 4. The summed E-state index contributed by atoms with van der Waals surface area (Å²) in [4.78, 5) is 13.6. The van der Waals surface area contributed by atoms with Gasteiger partial charge < -0.3 is 21.1 Å². The third kappa shape index (κ3) is 8.13. The van der Waals surface area contributed by atoms with Crippen LogP contribution in [-0.4, -0.2) is 57.0 Å². The van der Waals surface area contributed by atoms with Crippen molar-refractivity contribution < 1.29 is 35.5 Å². The number of nitrogens with zero attached hydrogens (tertiary/aromatic N) is 1. The maximum Gasteiger partial charge on any atom is 0.247 e. The predicted molar refractivity (Wildman–Crippen MR) is 179 cm³/mol. The van der Waals surface area contributed by atoms with Crippen LogP contribution < -0.4 is 21.1 Å². The highest BCUT2D eigenvalue weighted by Crippen LogP contribution is 2.33. The van der Waals surface area contributed by atoms with Gasteiger partial charge in [-0.1, -0.05) is 30.3 Å². The molecule has 0 aromatic heterocycles. The second-order valence-electron chi connectivity index (χ2n) is 12.1. The number of methoxy groups -OCH3 is 1. The van der Waals surface area contributed by atoms with Gasteiger partial charge in [0.2, 0.25) is 15.9 Å². The van der Waals surface area contributed by atoms with Gasteiger partial charge in [-0.05, 0) is 85.8 Å². The lowest BCUT2D eigenvalue weighted by atomic mass is 9.84. The lowest BCUT2D eigenvalue weighted by Crippen LogP contribution is -2.58. The number of para-hydroxylation sites is 1. The number of rotatable bonds is 12. The molecule has 49 heavy (non-hydrogen) atoms. The molecule has 260 valence electrons. The van der Waals surface area contributed by atoms with Crippen molar-refractivity contribution in [1.82, 2.24) is 9.62 Å². The van der Waals surface area contributed by atoms with E-state index in [1.165, 1.54) is 47.8 Å². The van der Waals surface area contributed by atoms with E-state index in [1.54, 1.807) is 18.2 Å². The maximum atomic E-state index is 15.3. The quantitative estimate of drug-likeness (QED) is 0.163. The lowest BCUT2D eigenvalue weighted by Gasteiger charge is -2.40. The van der Waals surface area contributed by atoms with Crippen LogP contribution in [0.1, 0.15) is 42.4 Å². The van der Waals surface area contributed by atoms with Crippen LogP contribution in [-0.2, 0) is 21.2 Å². The Hall–Kier alpha value is -4.30. The van der Waals surface area contributed by atoms with Crippen molar-refractivity contribution >= 4 is 21.6 Å². The molecule has 0 saturated carbocycles. The first-order valence-corrected chi connectivity index (χ1v) is 17.3. The van der Waals surface area contributed by atoms with E-state index in [4.69, 9.17) is 10.5 Å². The number of piperazine rings is 1. The molecule has 1 amide bonds. The van der Waals surface area contributed by atoms with Crippen LogP contribution in [0.15, 0.2) is 89.8 Å². The van der Waals surface area contributed by atoms with E-state index in [0.717, 1.165) is 24.3 Å². The normalized spacial score (nSPS) is 18.1. The molecule has 1 saturated heterocycles. The number of benzene rings is 4. The second-order valence-corrected chi connectivity index (χ2v) is 13.9. The van der Waals surface area contributed by atoms with Gasteiger partial charge in [-0.15, -0.1) is 0 Å². The monoisotopic (exact) mass is 698 g/mol. The molecule has 13 heteroatoms. The Labute approximate surface area is 283 Å². The van der Waals surface area contributed by atoms with Gasteiger partial charge in [0.25, 0.3) is 0 Å². The standard InChI is InChI=1S/C36H38F4N4O4S/c1-22-20-42-21-28(44(22)49(46,47)33-12-4-3-11-32(33)48-2)7-5-8-29-30(40)9-6-10-31(29)43-36(45)35(41)34(23-13-15-25(37)16-14-23)24-17-26(38)19-27(39)18-24/h3-4,6,9-19,22,28,34-35,42H,5,7-8,20-21,41H2,1-2H3,(H,43,45)/t22-,28+,34+,35+/m1/s1. The Bertz CT molecular complexity index is 1870. The van der Waals surface area contributed by atoms with Gasteiger partial charge in [-0.25, -0.2) is 26.0 Å². The van der Waals surface area contributed by atoms with Crippen molar-refractivity contribution in [3.63, 3.8) is 0 Å². The number of amides is 1. The SMILES string of the molecule is COc1ccccc1S(=O)(=O)N1[C@@H](CCCc2c(F)cccc2NC(=O)[C@@H](N)[C@@H](c2ccc(F)cc2)c2cc(F)cc(F)c2)CNC[C@H]1C. The Morgan fingerprint density at radius 1 is 0.939 bits per heavy atom. The van der Waals surface area contributed by atoms with E-state index in [-0.39, 0.29) is 39.9 Å². The zero-order valence-corrected chi connectivity index (χ0v) is 27.8. The van der Waals surface area contributed by atoms with E-state index < -0.39 is 57.2 Å². The summed E-state index contributed by atoms with van der Waals surface area (Å²) in [5.41, 5.74) is 7.16. The van der Waals surface area contributed by atoms with E-state index in [9.17, 15) is 26.4 Å². The first-order chi connectivity index (χ1) is 23.4. The fourth-order valence-electron chi connectivity index (χ4n) is 6.45. The Balaban J connectivity index is 1.35. The molecule has 1 heterocycles. The summed E-state index contributed by atoms with van der Waals surface area (Å²) in [6.07, 6.45) is 0.903. The molecule has 4 N–H and O–H groups in total. The second kappa shape index (κ2) is 15.5. The third-order valence-electron chi connectivity index (χ3n) is 8.71. The topological polar surface area (TPSA) is 114 Å². The molecule has 1 aliphatic rings. The molecule has 4 aromatic rings. The molecule has 0 unspecified atom stereocenters. The van der Waals surface area contributed by atoms with Crippen LogP contribution in [0.25, 0.3) is 0 Å². The van der Waals surface area contributed by atoms with Crippen molar-refractivity contribution in [2.24, 2.45) is 5.73 Å². The van der Waals surface area contributed by atoms with Gasteiger partial charge in [0.15, 0.2) is 0 Å².